The minimum Gasteiger partial charge on any atom is -0.492 e. The Labute approximate surface area is 141 Å². The number of hydrogen-bond acceptors (Lipinski definition) is 4. The molecule has 21 heavy (non-hydrogen) atoms. The maximum absolute atomic E-state index is 12.2. The van der Waals surface area contributed by atoms with Crippen LogP contribution in [0.4, 0.5) is 5.69 Å². The first-order chi connectivity index (χ1) is 9.94. The predicted molar refractivity (Wildman–Crippen MR) is 90.1 cm³/mol. The molecule has 0 atom stereocenters. The van der Waals surface area contributed by atoms with Gasteiger partial charge in [0.2, 0.25) is 0 Å². The molecular formula is C13H13BrClNO3S2. The molecule has 1 aromatic heterocycles. The summed E-state index contributed by atoms with van der Waals surface area (Å²) in [6, 6.07) is 6.49. The monoisotopic (exact) mass is 409 g/mol. The van der Waals surface area contributed by atoms with Crippen LogP contribution < -0.4 is 9.46 Å². The fourth-order valence-corrected chi connectivity index (χ4v) is 5.19. The van der Waals surface area contributed by atoms with Crippen LogP contribution in [0.1, 0.15) is 13.3 Å². The number of nitrogens with one attached hydrogen (secondary N) is 1. The highest BCUT2D eigenvalue weighted by Crippen LogP contribution is 2.32. The lowest BCUT2D eigenvalue weighted by atomic mass is 10.3. The molecule has 0 radical (unpaired) electrons. The maximum Gasteiger partial charge on any atom is 0.272 e. The Morgan fingerprint density at radius 2 is 2.14 bits per heavy atom. The zero-order valence-corrected chi connectivity index (χ0v) is 15.1. The van der Waals surface area contributed by atoms with E-state index in [1.807, 2.05) is 6.92 Å². The van der Waals surface area contributed by atoms with Crippen LogP contribution in [0.25, 0.3) is 0 Å². The van der Waals surface area contributed by atoms with E-state index in [0.717, 1.165) is 17.8 Å². The molecule has 1 aromatic carbocycles. The Hall–Kier alpha value is -0.760. The van der Waals surface area contributed by atoms with E-state index < -0.39 is 10.0 Å². The zero-order chi connectivity index (χ0) is 15.5. The smallest absolute Gasteiger partial charge is 0.272 e. The van der Waals surface area contributed by atoms with E-state index in [1.165, 1.54) is 6.07 Å². The molecule has 8 heteroatoms. The number of ether oxygens (including phenoxy) is 1. The first-order valence-electron chi connectivity index (χ1n) is 6.12. The van der Waals surface area contributed by atoms with Crippen molar-refractivity contribution in [1.29, 1.82) is 0 Å². The van der Waals surface area contributed by atoms with Gasteiger partial charge in [0.05, 0.1) is 17.3 Å². The molecular weight excluding hydrogens is 398 g/mol. The molecule has 1 heterocycles. The van der Waals surface area contributed by atoms with Gasteiger partial charge in [-0.05, 0) is 52.0 Å². The van der Waals surface area contributed by atoms with Crippen molar-refractivity contribution in [3.05, 3.63) is 39.1 Å². The minimum absolute atomic E-state index is 0.227. The molecule has 1 N–H and O–H groups in total. The second kappa shape index (κ2) is 7.00. The highest BCUT2D eigenvalue weighted by molar-refractivity contribution is 9.10. The fourth-order valence-electron chi connectivity index (χ4n) is 1.57. The van der Waals surface area contributed by atoms with Crippen LogP contribution in [-0.2, 0) is 10.0 Å². The van der Waals surface area contributed by atoms with Crippen molar-refractivity contribution in [2.24, 2.45) is 0 Å². The Kier molecular flexibility index (Phi) is 5.54. The lowest BCUT2D eigenvalue weighted by Crippen LogP contribution is -2.12. The molecule has 4 nitrogen and oxygen atoms in total. The van der Waals surface area contributed by atoms with E-state index in [4.69, 9.17) is 16.3 Å². The third-order valence-corrected chi connectivity index (χ3v) is 6.82. The van der Waals surface area contributed by atoms with Gasteiger partial charge in [-0.1, -0.05) is 18.5 Å². The molecule has 0 aliphatic carbocycles. The minimum atomic E-state index is -3.63. The molecule has 114 valence electrons. The average Bonchev–Trinajstić information content (AvgIpc) is 2.84. The highest BCUT2D eigenvalue weighted by Gasteiger charge is 2.19. The summed E-state index contributed by atoms with van der Waals surface area (Å²) in [6.45, 7) is 2.56. The normalized spacial score (nSPS) is 11.4. The summed E-state index contributed by atoms with van der Waals surface area (Å²) in [6.07, 6.45) is 0.872. The Balaban J connectivity index is 2.20. The summed E-state index contributed by atoms with van der Waals surface area (Å²) in [5.41, 5.74) is 0.393. The zero-order valence-electron chi connectivity index (χ0n) is 11.1. The van der Waals surface area contributed by atoms with Crippen molar-refractivity contribution in [3.63, 3.8) is 0 Å². The van der Waals surface area contributed by atoms with Gasteiger partial charge in [-0.2, -0.15) is 0 Å². The van der Waals surface area contributed by atoms with Crippen molar-refractivity contribution in [2.45, 2.75) is 17.6 Å². The molecule has 0 spiro atoms. The van der Waals surface area contributed by atoms with Gasteiger partial charge < -0.3 is 4.74 Å². The topological polar surface area (TPSA) is 55.4 Å². The second-order valence-corrected chi connectivity index (χ2v) is 8.21. The van der Waals surface area contributed by atoms with E-state index in [1.54, 1.807) is 23.6 Å². The van der Waals surface area contributed by atoms with Crippen molar-refractivity contribution < 1.29 is 13.2 Å². The van der Waals surface area contributed by atoms with Crippen molar-refractivity contribution in [1.82, 2.24) is 0 Å². The number of rotatable bonds is 6. The number of benzene rings is 1. The number of sulfonamides is 1. The van der Waals surface area contributed by atoms with Crippen molar-refractivity contribution in [2.75, 3.05) is 11.3 Å². The van der Waals surface area contributed by atoms with E-state index in [9.17, 15) is 8.42 Å². The largest absolute Gasteiger partial charge is 0.492 e. The molecule has 0 aliphatic rings. The number of halogens is 2. The third-order valence-electron chi connectivity index (χ3n) is 2.47. The van der Waals surface area contributed by atoms with Gasteiger partial charge in [-0.25, -0.2) is 8.42 Å². The molecule has 0 amide bonds. The molecule has 0 bridgehead atoms. The van der Waals surface area contributed by atoms with Crippen LogP contribution in [0.5, 0.6) is 5.75 Å². The molecule has 2 aromatic rings. The van der Waals surface area contributed by atoms with Crippen LogP contribution in [0, 0.1) is 0 Å². The van der Waals surface area contributed by atoms with Crippen molar-refractivity contribution >= 4 is 54.6 Å². The summed E-state index contributed by atoms with van der Waals surface area (Å²) >= 11 is 10.4. The molecule has 0 aliphatic heterocycles. The fraction of sp³-hybridized carbons (Fsp3) is 0.231. The summed E-state index contributed by atoms with van der Waals surface area (Å²) in [5.74, 6) is 0.541. The molecule has 2 rings (SSSR count). The molecule has 0 saturated heterocycles. The van der Waals surface area contributed by atoms with Crippen molar-refractivity contribution in [3.8, 4) is 5.75 Å². The van der Waals surface area contributed by atoms with Gasteiger partial charge in [0.1, 0.15) is 5.75 Å². The SMILES string of the molecule is CCCOc1ccc(NS(=O)(=O)c2sccc2Br)cc1Cl. The summed E-state index contributed by atoms with van der Waals surface area (Å²) in [4.78, 5) is 0. The first-order valence-corrected chi connectivity index (χ1v) is 9.65. The average molecular weight is 411 g/mol. The van der Waals surface area contributed by atoms with E-state index in [0.29, 0.717) is 27.5 Å². The van der Waals surface area contributed by atoms with Crippen LogP contribution in [-0.4, -0.2) is 15.0 Å². The third kappa shape index (κ3) is 4.12. The standard InChI is InChI=1S/C13H13BrClNO3S2/c1-2-6-19-12-4-3-9(8-11(12)15)16-21(17,18)13-10(14)5-7-20-13/h3-5,7-8,16H,2,6H2,1H3. The van der Waals surface area contributed by atoms with Gasteiger partial charge in [-0.15, -0.1) is 11.3 Å². The quantitative estimate of drug-likeness (QED) is 0.747. The predicted octanol–water partition coefficient (Wildman–Crippen LogP) is 4.75. The summed E-state index contributed by atoms with van der Waals surface area (Å²) in [7, 11) is -3.63. The van der Waals surface area contributed by atoms with Gasteiger partial charge in [0, 0.05) is 4.47 Å². The Morgan fingerprint density at radius 3 is 2.71 bits per heavy atom. The van der Waals surface area contributed by atoms with Gasteiger partial charge >= 0.3 is 0 Å². The van der Waals surface area contributed by atoms with Gasteiger partial charge in [0.15, 0.2) is 4.21 Å². The first kappa shape index (κ1) is 16.6. The lowest BCUT2D eigenvalue weighted by molar-refractivity contribution is 0.317. The van der Waals surface area contributed by atoms with Crippen LogP contribution in [0.3, 0.4) is 0 Å². The summed E-state index contributed by atoms with van der Waals surface area (Å²) < 4.78 is 33.2. The van der Waals surface area contributed by atoms with Gasteiger partial charge in [-0.3, -0.25) is 4.72 Å². The highest BCUT2D eigenvalue weighted by atomic mass is 79.9. The number of hydrogen-bond donors (Lipinski definition) is 1. The molecule has 0 saturated carbocycles. The molecule has 0 fully saturated rings. The van der Waals surface area contributed by atoms with E-state index in [2.05, 4.69) is 20.7 Å². The maximum atomic E-state index is 12.2. The molecule has 0 unspecified atom stereocenters. The Morgan fingerprint density at radius 1 is 1.38 bits per heavy atom. The van der Waals surface area contributed by atoms with Crippen LogP contribution in [0.2, 0.25) is 5.02 Å². The second-order valence-electron chi connectivity index (χ2n) is 4.16. The van der Waals surface area contributed by atoms with E-state index >= 15 is 0 Å². The van der Waals surface area contributed by atoms with Crippen LogP contribution in [0.15, 0.2) is 38.3 Å². The lowest BCUT2D eigenvalue weighted by Gasteiger charge is -2.10. The number of anilines is 1. The Bertz CT molecular complexity index is 731. The summed E-state index contributed by atoms with van der Waals surface area (Å²) in [5, 5.41) is 2.07. The van der Waals surface area contributed by atoms with Crippen LogP contribution >= 0.6 is 38.9 Å². The number of thiophene rings is 1. The van der Waals surface area contributed by atoms with E-state index in [-0.39, 0.29) is 4.21 Å². The van der Waals surface area contributed by atoms with Gasteiger partial charge in [0.25, 0.3) is 10.0 Å².